The number of carbonyl (C=O) groups excluding carboxylic acids is 4. The second-order valence-corrected chi connectivity index (χ2v) is 9.35. The molecular weight excluding hydrogens is 444 g/mol. The van der Waals surface area contributed by atoms with Gasteiger partial charge in [-0.1, -0.05) is 31.5 Å². The Morgan fingerprint density at radius 3 is 2.31 bits per heavy atom. The summed E-state index contributed by atoms with van der Waals surface area (Å²) >= 11 is 0. The van der Waals surface area contributed by atoms with Gasteiger partial charge in [-0.2, -0.15) is 0 Å². The van der Waals surface area contributed by atoms with Crippen LogP contribution in [0.2, 0.25) is 0 Å². The molecule has 4 rings (SSSR count). The van der Waals surface area contributed by atoms with E-state index in [1.165, 1.54) is 0 Å². The van der Waals surface area contributed by atoms with Crippen molar-refractivity contribution >= 4 is 29.2 Å². The first-order valence-electron chi connectivity index (χ1n) is 12.1. The molecule has 2 aliphatic heterocycles. The third-order valence-electron chi connectivity index (χ3n) is 6.81. The summed E-state index contributed by atoms with van der Waals surface area (Å²) in [6, 6.07) is 14.3. The number of carbonyl (C=O) groups is 4. The minimum Gasteiger partial charge on any atom is -0.378 e. The van der Waals surface area contributed by atoms with Crippen molar-refractivity contribution in [1.29, 1.82) is 0 Å². The highest BCUT2D eigenvalue weighted by atomic mass is 16.2. The Balaban J connectivity index is 1.47. The van der Waals surface area contributed by atoms with Crippen LogP contribution in [0.25, 0.3) is 0 Å². The molecule has 0 bridgehead atoms. The van der Waals surface area contributed by atoms with Gasteiger partial charge in [-0.25, -0.2) is 0 Å². The van der Waals surface area contributed by atoms with Crippen molar-refractivity contribution in [3.05, 3.63) is 65.7 Å². The molecule has 8 nitrogen and oxygen atoms in total. The molecule has 2 aliphatic rings. The van der Waals surface area contributed by atoms with Crippen molar-refractivity contribution in [2.75, 3.05) is 32.1 Å². The van der Waals surface area contributed by atoms with E-state index in [0.717, 1.165) is 5.69 Å². The molecule has 2 fully saturated rings. The minimum atomic E-state index is -0.730. The normalized spacial score (nSPS) is 19.9. The van der Waals surface area contributed by atoms with Gasteiger partial charge in [-0.05, 0) is 49.2 Å². The Bertz CT molecular complexity index is 1100. The number of likely N-dealkylation sites (tertiary alicyclic amines) is 2. The van der Waals surface area contributed by atoms with Gasteiger partial charge in [-0.3, -0.25) is 19.2 Å². The molecule has 1 N–H and O–H groups in total. The summed E-state index contributed by atoms with van der Waals surface area (Å²) in [6.45, 7) is 2.33. The van der Waals surface area contributed by atoms with E-state index < -0.39 is 12.1 Å². The summed E-state index contributed by atoms with van der Waals surface area (Å²) in [5.74, 6) is -0.914. The molecule has 0 spiro atoms. The molecular formula is C27H32N4O4. The van der Waals surface area contributed by atoms with Crippen molar-refractivity contribution in [2.24, 2.45) is 0 Å². The lowest BCUT2D eigenvalue weighted by Crippen LogP contribution is -2.52. The fourth-order valence-electron chi connectivity index (χ4n) is 4.98. The van der Waals surface area contributed by atoms with Crippen LogP contribution in [-0.2, 0) is 9.59 Å². The van der Waals surface area contributed by atoms with Crippen LogP contribution in [-0.4, -0.2) is 78.6 Å². The Hall–Kier alpha value is -3.68. The van der Waals surface area contributed by atoms with Gasteiger partial charge in [0.05, 0.1) is 12.6 Å². The smallest absolute Gasteiger partial charge is 0.254 e. The molecule has 184 valence electrons. The molecule has 3 atom stereocenters. The summed E-state index contributed by atoms with van der Waals surface area (Å²) in [7, 11) is 3.85. The zero-order valence-corrected chi connectivity index (χ0v) is 20.4. The maximum absolute atomic E-state index is 13.5. The van der Waals surface area contributed by atoms with Crippen molar-refractivity contribution in [1.82, 2.24) is 15.1 Å². The van der Waals surface area contributed by atoms with E-state index in [4.69, 9.17) is 0 Å². The quantitative estimate of drug-likeness (QED) is 0.663. The van der Waals surface area contributed by atoms with Gasteiger partial charge in [0.2, 0.25) is 5.91 Å². The van der Waals surface area contributed by atoms with Gasteiger partial charge in [-0.15, -0.1) is 0 Å². The Morgan fingerprint density at radius 2 is 1.69 bits per heavy atom. The summed E-state index contributed by atoms with van der Waals surface area (Å²) in [6.07, 6.45) is 1.71. The monoisotopic (exact) mass is 476 g/mol. The molecule has 3 amide bonds. The topological polar surface area (TPSA) is 90.0 Å². The number of fused-ring (bicyclic) bond motifs is 1. The lowest BCUT2D eigenvalue weighted by atomic mass is 10.1. The first-order chi connectivity index (χ1) is 16.8. The largest absolute Gasteiger partial charge is 0.378 e. The molecule has 0 aromatic heterocycles. The third-order valence-corrected chi connectivity index (χ3v) is 6.81. The zero-order valence-electron chi connectivity index (χ0n) is 20.4. The molecule has 2 saturated heterocycles. The predicted molar refractivity (Wildman–Crippen MR) is 133 cm³/mol. The molecule has 35 heavy (non-hydrogen) atoms. The van der Waals surface area contributed by atoms with Crippen LogP contribution in [0, 0.1) is 0 Å². The fraction of sp³-hybridized carbons (Fsp3) is 0.407. The summed E-state index contributed by atoms with van der Waals surface area (Å²) in [4.78, 5) is 57.5. The number of amides is 3. The minimum absolute atomic E-state index is 0.00410. The lowest BCUT2D eigenvalue weighted by molar-refractivity contribution is -0.138. The van der Waals surface area contributed by atoms with E-state index in [9.17, 15) is 19.2 Å². The summed E-state index contributed by atoms with van der Waals surface area (Å²) in [5, 5.41) is 2.88. The fourth-order valence-corrected chi connectivity index (χ4v) is 4.98. The van der Waals surface area contributed by atoms with Gasteiger partial charge in [0.1, 0.15) is 12.1 Å². The number of anilines is 1. The number of nitrogens with one attached hydrogen (secondary N) is 1. The highest BCUT2D eigenvalue weighted by molar-refractivity contribution is 6.03. The van der Waals surface area contributed by atoms with Crippen molar-refractivity contribution < 1.29 is 19.2 Å². The van der Waals surface area contributed by atoms with E-state index in [1.807, 2.05) is 44.1 Å². The van der Waals surface area contributed by atoms with Crippen LogP contribution < -0.4 is 10.2 Å². The SMILES string of the molecule is CCC[C@H](NC(=O)c1ccc(N(C)C)cc1)C(=O)N1CCC2[C@H]1C(=O)CN2C(=O)c1ccccc1. The van der Waals surface area contributed by atoms with E-state index in [1.54, 1.807) is 46.2 Å². The second kappa shape index (κ2) is 10.3. The van der Waals surface area contributed by atoms with Crippen LogP contribution in [0.4, 0.5) is 5.69 Å². The second-order valence-electron chi connectivity index (χ2n) is 9.35. The molecule has 0 aliphatic carbocycles. The molecule has 1 unspecified atom stereocenters. The van der Waals surface area contributed by atoms with Gasteiger partial charge in [0, 0.05) is 37.5 Å². The van der Waals surface area contributed by atoms with Crippen LogP contribution in [0.15, 0.2) is 54.6 Å². The molecule has 2 aromatic rings. The first-order valence-corrected chi connectivity index (χ1v) is 12.1. The summed E-state index contributed by atoms with van der Waals surface area (Å²) in [5.41, 5.74) is 1.97. The molecule has 2 heterocycles. The van der Waals surface area contributed by atoms with Crippen LogP contribution in [0.3, 0.4) is 0 Å². The van der Waals surface area contributed by atoms with Crippen molar-refractivity contribution in [2.45, 2.75) is 44.3 Å². The van der Waals surface area contributed by atoms with Crippen molar-refractivity contribution in [3.8, 4) is 0 Å². The Kier molecular flexibility index (Phi) is 7.19. The van der Waals surface area contributed by atoms with Crippen LogP contribution in [0.5, 0.6) is 0 Å². The number of rotatable bonds is 7. The number of hydrogen-bond acceptors (Lipinski definition) is 5. The molecule has 8 heteroatoms. The number of benzene rings is 2. The number of ketones is 1. The predicted octanol–water partition coefficient (Wildman–Crippen LogP) is 2.35. The first kappa shape index (κ1) is 24.4. The summed E-state index contributed by atoms with van der Waals surface area (Å²) < 4.78 is 0. The van der Waals surface area contributed by atoms with E-state index in [2.05, 4.69) is 5.32 Å². The molecule has 0 radical (unpaired) electrons. The maximum Gasteiger partial charge on any atom is 0.254 e. The van der Waals surface area contributed by atoms with Crippen LogP contribution in [0.1, 0.15) is 46.9 Å². The van der Waals surface area contributed by atoms with Gasteiger partial charge in [0.15, 0.2) is 5.78 Å². The van der Waals surface area contributed by atoms with Gasteiger partial charge in [0.25, 0.3) is 11.8 Å². The molecule has 0 saturated carbocycles. The zero-order chi connectivity index (χ0) is 25.1. The average Bonchev–Trinajstić information content (AvgIpc) is 3.44. The maximum atomic E-state index is 13.5. The number of Topliss-reactive ketones (excluding diaryl/α,β-unsaturated/α-hetero) is 1. The molecule has 2 aromatic carbocycles. The van der Waals surface area contributed by atoms with Crippen molar-refractivity contribution in [3.63, 3.8) is 0 Å². The van der Waals surface area contributed by atoms with E-state index in [0.29, 0.717) is 36.9 Å². The van der Waals surface area contributed by atoms with E-state index in [-0.39, 0.29) is 36.1 Å². The average molecular weight is 477 g/mol. The lowest BCUT2D eigenvalue weighted by Gasteiger charge is -2.28. The standard InChI is InChI=1S/C27H32N4O4/c1-4-8-21(28-25(33)18-11-13-20(14-12-18)29(2)3)27(35)30-16-15-22-24(30)23(32)17-31(22)26(34)19-9-6-5-7-10-19/h5-7,9-14,21-22,24H,4,8,15-17H2,1-3H3,(H,28,33)/t21-,22?,24-/m0/s1. The number of nitrogens with zero attached hydrogens (tertiary/aromatic N) is 3. The van der Waals surface area contributed by atoms with Crippen LogP contribution >= 0.6 is 0 Å². The van der Waals surface area contributed by atoms with E-state index >= 15 is 0 Å². The highest BCUT2D eigenvalue weighted by Gasteiger charge is 2.52. The third kappa shape index (κ3) is 4.92. The van der Waals surface area contributed by atoms with Gasteiger partial charge < -0.3 is 20.0 Å². The highest BCUT2D eigenvalue weighted by Crippen LogP contribution is 2.31. The van der Waals surface area contributed by atoms with Gasteiger partial charge >= 0.3 is 0 Å². The number of hydrogen-bond donors (Lipinski definition) is 1. The Labute approximate surface area is 205 Å². The Morgan fingerprint density at radius 1 is 1.00 bits per heavy atom.